The Kier molecular flexibility index (Phi) is 4.86. The smallest absolute Gasteiger partial charge is 0.252 e. The molecule has 0 unspecified atom stereocenters. The van der Waals surface area contributed by atoms with Crippen LogP contribution in [-0.2, 0) is 6.42 Å². The molecule has 0 aromatic heterocycles. The van der Waals surface area contributed by atoms with Crippen molar-refractivity contribution in [2.75, 3.05) is 5.73 Å². The lowest BCUT2D eigenvalue weighted by molar-refractivity contribution is 0.0909. The van der Waals surface area contributed by atoms with Crippen LogP contribution in [0.3, 0.4) is 0 Å². The van der Waals surface area contributed by atoms with Crippen LogP contribution >= 0.6 is 0 Å². The summed E-state index contributed by atoms with van der Waals surface area (Å²) in [5.74, 6) is -0.0668. The summed E-state index contributed by atoms with van der Waals surface area (Å²) in [4.78, 5) is 12.5. The number of nitrogens with two attached hydrogens (primary N) is 1. The van der Waals surface area contributed by atoms with Gasteiger partial charge in [0, 0.05) is 16.8 Å². The Morgan fingerprint density at radius 3 is 2.50 bits per heavy atom. The zero-order chi connectivity index (χ0) is 16.2. The van der Waals surface area contributed by atoms with Gasteiger partial charge in [0.1, 0.15) is 0 Å². The van der Waals surface area contributed by atoms with Crippen molar-refractivity contribution < 1.29 is 4.79 Å². The summed E-state index contributed by atoms with van der Waals surface area (Å²) in [5.41, 5.74) is 8.98. The van der Waals surface area contributed by atoms with Crippen LogP contribution in [0, 0.1) is 6.92 Å². The molecular formula is C19H24N2O. The van der Waals surface area contributed by atoms with Gasteiger partial charge in [-0.05, 0) is 56.9 Å². The van der Waals surface area contributed by atoms with Crippen molar-refractivity contribution in [3.8, 4) is 0 Å². The van der Waals surface area contributed by atoms with E-state index in [1.807, 2.05) is 37.3 Å². The van der Waals surface area contributed by atoms with Gasteiger partial charge in [-0.25, -0.2) is 0 Å². The van der Waals surface area contributed by atoms with Gasteiger partial charge in [0.15, 0.2) is 0 Å². The first-order valence-corrected chi connectivity index (χ1v) is 7.60. The topological polar surface area (TPSA) is 55.1 Å². The zero-order valence-electron chi connectivity index (χ0n) is 13.5. The Bertz CT molecular complexity index is 648. The lowest BCUT2D eigenvalue weighted by Gasteiger charge is -2.27. The maximum Gasteiger partial charge on any atom is 0.252 e. The third kappa shape index (κ3) is 4.35. The lowest BCUT2D eigenvalue weighted by Crippen LogP contribution is -2.44. The number of rotatable bonds is 5. The fraction of sp³-hybridized carbons (Fsp3) is 0.316. The minimum absolute atomic E-state index is 0.0668. The van der Waals surface area contributed by atoms with E-state index in [0.717, 1.165) is 18.4 Å². The van der Waals surface area contributed by atoms with Crippen LogP contribution < -0.4 is 11.1 Å². The van der Waals surface area contributed by atoms with Crippen molar-refractivity contribution in [2.45, 2.75) is 39.2 Å². The quantitative estimate of drug-likeness (QED) is 0.826. The normalized spacial score (nSPS) is 11.2. The molecule has 3 N–H and O–H groups in total. The number of nitrogens with one attached hydrogen (secondary N) is 1. The van der Waals surface area contributed by atoms with E-state index in [1.165, 1.54) is 5.56 Å². The van der Waals surface area contributed by atoms with Crippen LogP contribution in [0.25, 0.3) is 0 Å². The molecule has 2 aromatic carbocycles. The van der Waals surface area contributed by atoms with E-state index in [2.05, 4.69) is 31.3 Å². The molecule has 0 aliphatic heterocycles. The van der Waals surface area contributed by atoms with E-state index < -0.39 is 0 Å². The number of aryl methyl sites for hydroxylation is 2. The summed E-state index contributed by atoms with van der Waals surface area (Å²) < 4.78 is 0. The summed E-state index contributed by atoms with van der Waals surface area (Å²) in [6.07, 6.45) is 1.81. The highest BCUT2D eigenvalue weighted by molar-refractivity contribution is 5.96. The van der Waals surface area contributed by atoms with Crippen LogP contribution in [-0.4, -0.2) is 11.4 Å². The van der Waals surface area contributed by atoms with E-state index in [4.69, 9.17) is 5.73 Å². The molecule has 3 nitrogen and oxygen atoms in total. The predicted molar refractivity (Wildman–Crippen MR) is 91.9 cm³/mol. The molecule has 0 aliphatic rings. The van der Waals surface area contributed by atoms with Gasteiger partial charge in [0.2, 0.25) is 0 Å². The van der Waals surface area contributed by atoms with Crippen molar-refractivity contribution in [3.05, 3.63) is 65.2 Å². The van der Waals surface area contributed by atoms with Gasteiger partial charge < -0.3 is 11.1 Å². The average Bonchev–Trinajstić information content (AvgIpc) is 2.48. The molecular weight excluding hydrogens is 272 g/mol. The van der Waals surface area contributed by atoms with E-state index in [1.54, 1.807) is 6.07 Å². The van der Waals surface area contributed by atoms with Gasteiger partial charge in [-0.2, -0.15) is 0 Å². The molecule has 0 bridgehead atoms. The molecule has 0 radical (unpaired) electrons. The van der Waals surface area contributed by atoms with E-state index in [0.29, 0.717) is 11.3 Å². The number of nitrogen functional groups attached to an aromatic ring is 1. The largest absolute Gasteiger partial charge is 0.399 e. The molecule has 0 spiro atoms. The first-order chi connectivity index (χ1) is 10.4. The van der Waals surface area contributed by atoms with Crippen LogP contribution in [0.2, 0.25) is 0 Å². The first-order valence-electron chi connectivity index (χ1n) is 7.60. The SMILES string of the molecule is Cc1ccc(N)cc1C(=O)NC(C)(C)CCc1ccccc1. The van der Waals surface area contributed by atoms with Gasteiger partial charge in [-0.1, -0.05) is 36.4 Å². The summed E-state index contributed by atoms with van der Waals surface area (Å²) in [6, 6.07) is 15.7. The van der Waals surface area contributed by atoms with Gasteiger partial charge in [0.25, 0.3) is 5.91 Å². The van der Waals surface area contributed by atoms with Crippen molar-refractivity contribution >= 4 is 11.6 Å². The highest BCUT2D eigenvalue weighted by Gasteiger charge is 2.22. The highest BCUT2D eigenvalue weighted by atomic mass is 16.1. The predicted octanol–water partition coefficient (Wildman–Crippen LogP) is 3.72. The van der Waals surface area contributed by atoms with Gasteiger partial charge in [0.05, 0.1) is 0 Å². The number of hydrogen-bond acceptors (Lipinski definition) is 2. The Labute approximate surface area is 132 Å². The summed E-state index contributed by atoms with van der Waals surface area (Å²) in [5, 5.41) is 3.12. The van der Waals surface area contributed by atoms with E-state index in [9.17, 15) is 4.79 Å². The summed E-state index contributed by atoms with van der Waals surface area (Å²) >= 11 is 0. The summed E-state index contributed by atoms with van der Waals surface area (Å²) in [7, 11) is 0. The molecule has 3 heteroatoms. The number of anilines is 1. The number of carbonyl (C=O) groups is 1. The van der Waals surface area contributed by atoms with Gasteiger partial charge in [-0.15, -0.1) is 0 Å². The number of hydrogen-bond donors (Lipinski definition) is 2. The molecule has 0 aliphatic carbocycles. The highest BCUT2D eigenvalue weighted by Crippen LogP contribution is 2.17. The fourth-order valence-corrected chi connectivity index (χ4v) is 2.42. The van der Waals surface area contributed by atoms with Crippen LogP contribution in [0.15, 0.2) is 48.5 Å². The van der Waals surface area contributed by atoms with Crippen LogP contribution in [0.4, 0.5) is 5.69 Å². The first kappa shape index (κ1) is 16.1. The Morgan fingerprint density at radius 1 is 1.14 bits per heavy atom. The molecule has 1 amide bonds. The van der Waals surface area contributed by atoms with Crippen molar-refractivity contribution in [3.63, 3.8) is 0 Å². The molecule has 2 aromatic rings. The van der Waals surface area contributed by atoms with Crippen molar-refractivity contribution in [2.24, 2.45) is 0 Å². The molecule has 0 fully saturated rings. The summed E-state index contributed by atoms with van der Waals surface area (Å²) in [6.45, 7) is 6.02. The second kappa shape index (κ2) is 6.65. The number of amides is 1. The van der Waals surface area contributed by atoms with Crippen molar-refractivity contribution in [1.82, 2.24) is 5.32 Å². The molecule has 0 saturated heterocycles. The van der Waals surface area contributed by atoms with Gasteiger partial charge in [-0.3, -0.25) is 4.79 Å². The molecule has 22 heavy (non-hydrogen) atoms. The van der Waals surface area contributed by atoms with Gasteiger partial charge >= 0.3 is 0 Å². The monoisotopic (exact) mass is 296 g/mol. The van der Waals surface area contributed by atoms with Crippen LogP contribution in [0.1, 0.15) is 41.8 Å². The molecule has 0 saturated carbocycles. The minimum Gasteiger partial charge on any atom is -0.399 e. The Hall–Kier alpha value is -2.29. The van der Waals surface area contributed by atoms with Crippen molar-refractivity contribution in [1.29, 1.82) is 0 Å². The second-order valence-electron chi connectivity index (χ2n) is 6.40. The standard InChI is InChI=1S/C19H24N2O/c1-14-9-10-16(20)13-17(14)18(22)21-19(2,3)12-11-15-7-5-4-6-8-15/h4-10,13H,11-12,20H2,1-3H3,(H,21,22). The Balaban J connectivity index is 2.01. The van der Waals surface area contributed by atoms with E-state index in [-0.39, 0.29) is 11.4 Å². The second-order valence-corrected chi connectivity index (χ2v) is 6.40. The lowest BCUT2D eigenvalue weighted by atomic mass is 9.94. The van der Waals surface area contributed by atoms with E-state index >= 15 is 0 Å². The van der Waals surface area contributed by atoms with Crippen LogP contribution in [0.5, 0.6) is 0 Å². The maximum absolute atomic E-state index is 12.5. The molecule has 0 atom stereocenters. The zero-order valence-corrected chi connectivity index (χ0v) is 13.5. The average molecular weight is 296 g/mol. The maximum atomic E-state index is 12.5. The molecule has 116 valence electrons. The number of carbonyl (C=O) groups excluding carboxylic acids is 1. The Morgan fingerprint density at radius 2 is 1.82 bits per heavy atom. The molecule has 0 heterocycles. The fourth-order valence-electron chi connectivity index (χ4n) is 2.42. The molecule has 2 rings (SSSR count). The third-order valence-corrected chi connectivity index (χ3v) is 3.84. The minimum atomic E-state index is -0.274. The number of benzene rings is 2. The third-order valence-electron chi connectivity index (χ3n) is 3.84.